The van der Waals surface area contributed by atoms with Gasteiger partial charge in [0.05, 0.1) is 0 Å². The average Bonchev–Trinajstić information content (AvgIpc) is 2.80. The number of nitrogens with one attached hydrogen (secondary N) is 1. The zero-order chi connectivity index (χ0) is 10.3. The molecule has 15 heavy (non-hydrogen) atoms. The molecule has 0 saturated heterocycles. The second-order valence-electron chi connectivity index (χ2n) is 3.05. The van der Waals surface area contributed by atoms with Crippen LogP contribution in [0, 0.1) is 0 Å². The Morgan fingerprint density at radius 3 is 2.20 bits per heavy atom. The maximum absolute atomic E-state index is 3.12. The molecule has 0 aliphatic heterocycles. The molecule has 0 fully saturated rings. The van der Waals surface area contributed by atoms with E-state index in [9.17, 15) is 0 Å². The van der Waals surface area contributed by atoms with E-state index in [0.29, 0.717) is 0 Å². The number of fused-ring (bicyclic) bond motifs is 1. The van der Waals surface area contributed by atoms with Crippen LogP contribution in [0.15, 0.2) is 65.5 Å². The molecule has 74 valence electrons. The minimum Gasteiger partial charge on any atom is -0.361 e. The van der Waals surface area contributed by atoms with Crippen LogP contribution >= 0.6 is 11.3 Å². The number of para-hydroxylation sites is 1. The van der Waals surface area contributed by atoms with E-state index in [0.717, 1.165) is 0 Å². The van der Waals surface area contributed by atoms with Crippen molar-refractivity contribution in [3.05, 3.63) is 65.5 Å². The highest BCUT2D eigenvalue weighted by atomic mass is 32.1. The van der Waals surface area contributed by atoms with Crippen molar-refractivity contribution >= 4 is 22.2 Å². The lowest BCUT2D eigenvalue weighted by Crippen LogP contribution is -1.61. The van der Waals surface area contributed by atoms with Gasteiger partial charge in [0.25, 0.3) is 0 Å². The quantitative estimate of drug-likeness (QED) is 0.540. The Labute approximate surface area is 93.0 Å². The smallest absolute Gasteiger partial charge is 0.211 e. The van der Waals surface area contributed by atoms with Crippen molar-refractivity contribution in [2.24, 2.45) is 0 Å². The van der Waals surface area contributed by atoms with Gasteiger partial charge in [0.2, 0.25) is 11.3 Å². The predicted molar refractivity (Wildman–Crippen MR) is 67.0 cm³/mol. The lowest BCUT2D eigenvalue weighted by molar-refractivity contribution is 1.48. The van der Waals surface area contributed by atoms with E-state index in [1.54, 1.807) is 11.3 Å². The Balaban J connectivity index is 0.000000124. The van der Waals surface area contributed by atoms with Gasteiger partial charge < -0.3 is 4.98 Å². The summed E-state index contributed by atoms with van der Waals surface area (Å²) in [5.41, 5.74) is 1.21. The molecular formula is C13H12NS+. The van der Waals surface area contributed by atoms with Crippen LogP contribution in [0.4, 0.5) is 0 Å². The zero-order valence-corrected chi connectivity index (χ0v) is 9.08. The number of aromatic nitrogens is 1. The first kappa shape index (κ1) is 9.87. The van der Waals surface area contributed by atoms with Gasteiger partial charge in [0.1, 0.15) is 0 Å². The Bertz CT molecular complexity index is 445. The van der Waals surface area contributed by atoms with Gasteiger partial charge in [-0.1, -0.05) is 24.3 Å². The van der Waals surface area contributed by atoms with Crippen LogP contribution in [0.25, 0.3) is 10.9 Å². The van der Waals surface area contributed by atoms with E-state index in [-0.39, 0.29) is 0 Å². The number of aromatic amines is 1. The van der Waals surface area contributed by atoms with E-state index in [4.69, 9.17) is 0 Å². The van der Waals surface area contributed by atoms with Crippen molar-refractivity contribution in [3.63, 3.8) is 0 Å². The Kier molecular flexibility index (Phi) is 3.47. The van der Waals surface area contributed by atoms with E-state index in [1.807, 2.05) is 47.3 Å². The summed E-state index contributed by atoms with van der Waals surface area (Å²) in [6.07, 6.45) is 1.95. The summed E-state index contributed by atoms with van der Waals surface area (Å²) in [4.78, 5) is 3.12. The van der Waals surface area contributed by atoms with Crippen LogP contribution in [0.2, 0.25) is 0 Å². The summed E-state index contributed by atoms with van der Waals surface area (Å²) in [6.45, 7) is 0. The number of hydrogen-bond donors (Lipinski definition) is 1. The highest BCUT2D eigenvalue weighted by molar-refractivity contribution is 7.07. The average molecular weight is 214 g/mol. The van der Waals surface area contributed by atoms with Gasteiger partial charge in [-0.25, -0.2) is 0 Å². The van der Waals surface area contributed by atoms with Crippen molar-refractivity contribution in [3.8, 4) is 0 Å². The van der Waals surface area contributed by atoms with Gasteiger partial charge in [0, 0.05) is 11.7 Å². The third kappa shape index (κ3) is 2.89. The van der Waals surface area contributed by atoms with Gasteiger partial charge in [0.15, 0.2) is 10.8 Å². The van der Waals surface area contributed by atoms with Crippen molar-refractivity contribution in [1.29, 1.82) is 0 Å². The fourth-order valence-electron chi connectivity index (χ4n) is 1.29. The first-order valence-electron chi connectivity index (χ1n) is 4.79. The molecule has 1 aromatic carbocycles. The van der Waals surface area contributed by atoms with Crippen molar-refractivity contribution in [2.45, 2.75) is 0 Å². The second-order valence-corrected chi connectivity index (χ2v) is 3.87. The Morgan fingerprint density at radius 1 is 0.800 bits per heavy atom. The summed E-state index contributed by atoms with van der Waals surface area (Å²) >= 11 is 1.70. The number of benzene rings is 1. The molecule has 0 bridgehead atoms. The standard InChI is InChI=1S/C8H7N.C5H5S/c1-2-4-8-7(3-1)5-6-9-8;1-2-4-6-5-3-1/h1-6,9H;1-5H/q;+1. The number of hydrogen-bond acceptors (Lipinski definition) is 0. The largest absolute Gasteiger partial charge is 0.361 e. The predicted octanol–water partition coefficient (Wildman–Crippen LogP) is 4.20. The fraction of sp³-hybridized carbons (Fsp3) is 0. The topological polar surface area (TPSA) is 15.8 Å². The van der Waals surface area contributed by atoms with Gasteiger partial charge in [-0.15, -0.1) is 0 Å². The molecular weight excluding hydrogens is 202 g/mol. The number of H-pyrrole nitrogens is 1. The summed E-state index contributed by atoms with van der Waals surface area (Å²) in [6, 6.07) is 16.3. The molecule has 0 atom stereocenters. The fourth-order valence-corrected chi connectivity index (χ4v) is 1.74. The molecule has 0 saturated carbocycles. The summed E-state index contributed by atoms with van der Waals surface area (Å²) in [5, 5.41) is 5.36. The molecule has 2 aromatic heterocycles. The molecule has 3 aromatic rings. The molecule has 1 nitrogen and oxygen atoms in total. The van der Waals surface area contributed by atoms with Crippen LogP contribution in [0.3, 0.4) is 0 Å². The monoisotopic (exact) mass is 214 g/mol. The zero-order valence-electron chi connectivity index (χ0n) is 8.26. The van der Waals surface area contributed by atoms with Gasteiger partial charge >= 0.3 is 0 Å². The third-order valence-corrected chi connectivity index (χ3v) is 2.63. The maximum Gasteiger partial charge on any atom is 0.211 e. The first-order chi connectivity index (χ1) is 7.47. The maximum atomic E-state index is 3.12. The third-order valence-electron chi connectivity index (χ3n) is 2.00. The van der Waals surface area contributed by atoms with Crippen LogP contribution in [-0.4, -0.2) is 4.98 Å². The van der Waals surface area contributed by atoms with Crippen molar-refractivity contribution in [1.82, 2.24) is 4.98 Å². The van der Waals surface area contributed by atoms with Crippen LogP contribution < -0.4 is 0 Å². The van der Waals surface area contributed by atoms with E-state index in [2.05, 4.69) is 23.2 Å². The lowest BCUT2D eigenvalue weighted by Gasteiger charge is -1.83. The highest BCUT2D eigenvalue weighted by Gasteiger charge is 1.86. The van der Waals surface area contributed by atoms with E-state index < -0.39 is 0 Å². The first-order valence-corrected chi connectivity index (χ1v) is 5.74. The molecule has 0 amide bonds. The molecule has 0 unspecified atom stereocenters. The second kappa shape index (κ2) is 5.27. The van der Waals surface area contributed by atoms with Crippen LogP contribution in [0.1, 0.15) is 0 Å². The molecule has 0 radical (unpaired) electrons. The van der Waals surface area contributed by atoms with Crippen LogP contribution in [0.5, 0.6) is 0 Å². The molecule has 1 N–H and O–H groups in total. The van der Waals surface area contributed by atoms with Gasteiger partial charge in [-0.05, 0) is 29.7 Å². The van der Waals surface area contributed by atoms with Crippen molar-refractivity contribution < 1.29 is 0 Å². The molecule has 2 heterocycles. The molecule has 3 rings (SSSR count). The van der Waals surface area contributed by atoms with E-state index >= 15 is 0 Å². The molecule has 2 heteroatoms. The Hall–Kier alpha value is -1.67. The lowest BCUT2D eigenvalue weighted by atomic mass is 10.3. The Morgan fingerprint density at radius 2 is 1.60 bits per heavy atom. The minimum atomic E-state index is 1.21. The molecule has 0 aliphatic rings. The highest BCUT2D eigenvalue weighted by Crippen LogP contribution is 2.09. The SMILES string of the molecule is c1cc[s+]cc1.c1ccc2[nH]ccc2c1. The summed E-state index contributed by atoms with van der Waals surface area (Å²) < 4.78 is 0. The van der Waals surface area contributed by atoms with E-state index in [1.165, 1.54) is 10.9 Å². The molecule has 0 spiro atoms. The summed E-state index contributed by atoms with van der Waals surface area (Å²) in [5.74, 6) is 0. The summed E-state index contributed by atoms with van der Waals surface area (Å²) in [7, 11) is 0. The normalized spacial score (nSPS) is 9.33. The van der Waals surface area contributed by atoms with Gasteiger partial charge in [-0.3, -0.25) is 0 Å². The van der Waals surface area contributed by atoms with Gasteiger partial charge in [-0.2, -0.15) is 0 Å². The van der Waals surface area contributed by atoms with Crippen LogP contribution in [-0.2, 0) is 0 Å². The van der Waals surface area contributed by atoms with Crippen molar-refractivity contribution in [2.75, 3.05) is 0 Å². The molecule has 0 aliphatic carbocycles. The number of rotatable bonds is 0. The minimum absolute atomic E-state index is 1.21.